The SMILES string of the molecule is C[C@@H](O)[C@H]1C(=O)N2C(C(=O)O)=C(c3cn4cnc(SCC[N+]56CCN(CC5)CC6)c4s3)[C@H](C)[C@H]12.[Br-]. The molecule has 2 bridgehead atoms. The molecule has 0 radical (unpaired) electrons. The number of carbonyl (C=O) groups excluding carboxylic acids is 1. The lowest BCUT2D eigenvalue weighted by molar-refractivity contribution is -0.938. The normalized spacial score (nSPS) is 32.5. The van der Waals surface area contributed by atoms with Gasteiger partial charge < -0.3 is 36.6 Å². The number of nitrogens with zero attached hydrogens (tertiary/aromatic N) is 5. The summed E-state index contributed by atoms with van der Waals surface area (Å²) in [6.45, 7) is 12.1. The van der Waals surface area contributed by atoms with Crippen molar-refractivity contribution < 1.29 is 41.3 Å². The number of fused-ring (bicyclic) bond motifs is 5. The molecule has 190 valence electrons. The molecule has 7 heterocycles. The van der Waals surface area contributed by atoms with E-state index >= 15 is 0 Å². The summed E-state index contributed by atoms with van der Waals surface area (Å²) >= 11 is 3.32. The quantitative estimate of drug-likeness (QED) is 0.227. The zero-order valence-corrected chi connectivity index (χ0v) is 23.0. The zero-order chi connectivity index (χ0) is 23.8. The van der Waals surface area contributed by atoms with Crippen molar-refractivity contribution in [2.45, 2.75) is 31.0 Å². The minimum absolute atomic E-state index is 0. The van der Waals surface area contributed by atoms with Crippen LogP contribution in [0.25, 0.3) is 10.4 Å². The molecule has 2 aromatic rings. The molecule has 12 heteroatoms. The standard InChI is InChI=1S/C23H29N5O4S2.BrH/c1-13-16(19(23(31)32)27-18(13)17(14(2)29)21(27)30)15-11-26-12-24-20(22(26)34-15)33-10-9-28-6-3-25(4-7-28)5-8-28;/h11-14,17-18,29H,3-10H2,1-2H3;1H/t13-,14+,17+,18+;/m0./s1. The summed E-state index contributed by atoms with van der Waals surface area (Å²) in [5.41, 5.74) is 0.745. The van der Waals surface area contributed by atoms with E-state index < -0.39 is 18.0 Å². The van der Waals surface area contributed by atoms with Gasteiger partial charge in [-0.15, -0.1) is 11.3 Å². The molecule has 4 saturated heterocycles. The van der Waals surface area contributed by atoms with Crippen LogP contribution in [-0.2, 0) is 9.59 Å². The third-order valence-corrected chi connectivity index (χ3v) is 10.5. The highest BCUT2D eigenvalue weighted by Gasteiger charge is 2.60. The lowest BCUT2D eigenvalue weighted by Gasteiger charge is -2.50. The summed E-state index contributed by atoms with van der Waals surface area (Å²) in [7, 11) is 0. The van der Waals surface area contributed by atoms with Gasteiger partial charge in [-0.2, -0.15) is 0 Å². The predicted molar refractivity (Wildman–Crippen MR) is 129 cm³/mol. The molecule has 0 aliphatic carbocycles. The van der Waals surface area contributed by atoms with Gasteiger partial charge >= 0.3 is 5.97 Å². The number of aliphatic hydroxyl groups excluding tert-OH is 1. The van der Waals surface area contributed by atoms with E-state index in [1.807, 2.05) is 17.5 Å². The second-order valence-electron chi connectivity index (χ2n) is 10.1. The fraction of sp³-hybridized carbons (Fsp3) is 0.609. The molecule has 0 aromatic carbocycles. The molecule has 1 amide bonds. The van der Waals surface area contributed by atoms with E-state index in [4.69, 9.17) is 0 Å². The highest BCUT2D eigenvalue weighted by Crippen LogP contribution is 2.51. The van der Waals surface area contributed by atoms with Crippen molar-refractivity contribution >= 4 is 45.4 Å². The third-order valence-electron chi connectivity index (χ3n) is 8.30. The maximum Gasteiger partial charge on any atom is 0.352 e. The van der Waals surface area contributed by atoms with Crippen LogP contribution in [0.2, 0.25) is 0 Å². The molecule has 4 fully saturated rings. The van der Waals surface area contributed by atoms with Crippen molar-refractivity contribution in [2.24, 2.45) is 11.8 Å². The highest BCUT2D eigenvalue weighted by molar-refractivity contribution is 7.99. The topological polar surface area (TPSA) is 98.4 Å². The van der Waals surface area contributed by atoms with Crippen LogP contribution in [0.4, 0.5) is 0 Å². The molecule has 9 nitrogen and oxygen atoms in total. The number of thiazole rings is 1. The number of halogens is 1. The third kappa shape index (κ3) is 3.88. The molecule has 0 saturated carbocycles. The number of aliphatic hydroxyl groups is 1. The maximum absolute atomic E-state index is 12.6. The fourth-order valence-corrected chi connectivity index (χ4v) is 8.73. The molecule has 7 rings (SSSR count). The molecular formula is C23H30BrN5O4S2. The monoisotopic (exact) mass is 583 g/mol. The first kappa shape index (κ1) is 25.2. The van der Waals surface area contributed by atoms with Crippen molar-refractivity contribution in [3.8, 4) is 0 Å². The Morgan fingerprint density at radius 2 is 2.00 bits per heavy atom. The van der Waals surface area contributed by atoms with E-state index in [1.54, 1.807) is 36.3 Å². The lowest BCUT2D eigenvalue weighted by Crippen LogP contribution is -3.00. The van der Waals surface area contributed by atoms with Gasteiger partial charge in [-0.3, -0.25) is 14.1 Å². The van der Waals surface area contributed by atoms with Crippen LogP contribution in [0, 0.1) is 11.8 Å². The van der Waals surface area contributed by atoms with Crippen molar-refractivity contribution in [3.63, 3.8) is 0 Å². The summed E-state index contributed by atoms with van der Waals surface area (Å²) < 4.78 is 3.19. The smallest absolute Gasteiger partial charge is 0.352 e. The molecule has 4 atom stereocenters. The number of carboxylic acid groups (broad SMARTS) is 1. The van der Waals surface area contributed by atoms with Gasteiger partial charge in [0.1, 0.15) is 21.9 Å². The Kier molecular flexibility index (Phi) is 6.59. The van der Waals surface area contributed by atoms with E-state index in [9.17, 15) is 19.8 Å². The fourth-order valence-electron chi connectivity index (χ4n) is 6.30. The van der Waals surface area contributed by atoms with Gasteiger partial charge in [-0.1, -0.05) is 18.7 Å². The molecular weight excluding hydrogens is 554 g/mol. The van der Waals surface area contributed by atoms with E-state index in [0.29, 0.717) is 5.57 Å². The number of hydrogen-bond donors (Lipinski definition) is 2. The number of amides is 1. The summed E-state index contributed by atoms with van der Waals surface area (Å²) in [5, 5.41) is 21.0. The maximum atomic E-state index is 12.6. The largest absolute Gasteiger partial charge is 1.00 e. The first-order valence-electron chi connectivity index (χ1n) is 12.0. The van der Waals surface area contributed by atoms with Crippen LogP contribution >= 0.6 is 23.1 Å². The Balaban J connectivity index is 0.00000253. The highest BCUT2D eigenvalue weighted by atomic mass is 79.9. The molecule has 0 unspecified atom stereocenters. The molecule has 0 spiro atoms. The lowest BCUT2D eigenvalue weighted by atomic mass is 9.77. The first-order valence-corrected chi connectivity index (χ1v) is 13.8. The van der Waals surface area contributed by atoms with Crippen molar-refractivity contribution in [1.29, 1.82) is 0 Å². The Labute approximate surface area is 222 Å². The van der Waals surface area contributed by atoms with Crippen LogP contribution in [0.5, 0.6) is 0 Å². The van der Waals surface area contributed by atoms with Crippen LogP contribution < -0.4 is 17.0 Å². The van der Waals surface area contributed by atoms with Crippen LogP contribution in [0.15, 0.2) is 23.2 Å². The molecule has 5 aliphatic heterocycles. The summed E-state index contributed by atoms with van der Waals surface area (Å²) in [6, 6.07) is -0.305. The van der Waals surface area contributed by atoms with Gasteiger partial charge in [0, 0.05) is 43.1 Å². The van der Waals surface area contributed by atoms with E-state index in [2.05, 4.69) is 9.88 Å². The van der Waals surface area contributed by atoms with Gasteiger partial charge in [0.2, 0.25) is 5.91 Å². The summed E-state index contributed by atoms with van der Waals surface area (Å²) in [4.78, 5) is 35.3. The average Bonchev–Trinajstić information content (AvgIpc) is 3.45. The number of quaternary nitrogens is 1. The van der Waals surface area contributed by atoms with Gasteiger partial charge in [-0.25, -0.2) is 9.78 Å². The second kappa shape index (κ2) is 9.14. The Bertz CT molecular complexity index is 1190. The van der Waals surface area contributed by atoms with E-state index in [-0.39, 0.29) is 40.5 Å². The van der Waals surface area contributed by atoms with Crippen LogP contribution in [0.1, 0.15) is 18.7 Å². The second-order valence-corrected chi connectivity index (χ2v) is 12.2. The predicted octanol–water partition coefficient (Wildman–Crippen LogP) is -1.71. The molecule has 35 heavy (non-hydrogen) atoms. The number of hydrogen-bond acceptors (Lipinski definition) is 7. The minimum Gasteiger partial charge on any atom is -1.00 e. The van der Waals surface area contributed by atoms with Crippen molar-refractivity contribution in [3.05, 3.63) is 23.1 Å². The average molecular weight is 585 g/mol. The minimum atomic E-state index is -1.09. The van der Waals surface area contributed by atoms with Gasteiger partial charge in [0.15, 0.2) is 0 Å². The summed E-state index contributed by atoms with van der Waals surface area (Å²) in [6.07, 6.45) is 2.93. The van der Waals surface area contributed by atoms with Gasteiger partial charge in [0.25, 0.3) is 0 Å². The number of imidazole rings is 1. The zero-order valence-electron chi connectivity index (χ0n) is 19.8. The first-order chi connectivity index (χ1) is 16.3. The number of aromatic nitrogens is 2. The molecule has 2 N–H and O–H groups in total. The number of carbonyl (C=O) groups is 2. The number of piperazine rings is 3. The van der Waals surface area contributed by atoms with Crippen molar-refractivity contribution in [2.75, 3.05) is 51.6 Å². The Hall–Kier alpha value is -1.44. The van der Waals surface area contributed by atoms with E-state index in [0.717, 1.165) is 27.0 Å². The molecule has 2 aromatic heterocycles. The van der Waals surface area contributed by atoms with Crippen LogP contribution in [0.3, 0.4) is 0 Å². The summed E-state index contributed by atoms with van der Waals surface area (Å²) in [5.74, 6) is -1.09. The van der Waals surface area contributed by atoms with E-state index in [1.165, 1.54) is 48.7 Å². The Morgan fingerprint density at radius 1 is 1.31 bits per heavy atom. The molecule has 5 aliphatic rings. The van der Waals surface area contributed by atoms with Gasteiger partial charge in [-0.05, 0) is 6.92 Å². The number of thioether (sulfide) groups is 1. The number of carboxylic acids is 1. The number of aliphatic carboxylic acids is 1. The van der Waals surface area contributed by atoms with Crippen molar-refractivity contribution in [1.82, 2.24) is 19.2 Å². The Morgan fingerprint density at radius 3 is 2.63 bits per heavy atom. The van der Waals surface area contributed by atoms with Gasteiger partial charge in [0.05, 0.1) is 49.1 Å². The number of rotatable bonds is 7. The van der Waals surface area contributed by atoms with Crippen LogP contribution in [-0.4, -0.2) is 109 Å². The number of β-lactam (4-membered cyclic amide) rings is 1.